The van der Waals surface area contributed by atoms with Crippen LogP contribution in [0.25, 0.3) is 0 Å². The van der Waals surface area contributed by atoms with Crippen LogP contribution in [-0.2, 0) is 23.9 Å². The van der Waals surface area contributed by atoms with Gasteiger partial charge in [-0.3, -0.25) is 9.48 Å². The third-order valence-electron chi connectivity index (χ3n) is 3.48. The molecule has 1 aliphatic rings. The molecule has 0 saturated carbocycles. The van der Waals surface area contributed by atoms with E-state index in [4.69, 9.17) is 4.74 Å². The highest BCUT2D eigenvalue weighted by atomic mass is 19.4. The summed E-state index contributed by atoms with van der Waals surface area (Å²) in [6, 6.07) is 8.44. The molecule has 5 nitrogen and oxygen atoms in total. The molecule has 122 valence electrons. The van der Waals surface area contributed by atoms with Gasteiger partial charge in [0, 0.05) is 12.6 Å². The van der Waals surface area contributed by atoms with Gasteiger partial charge in [-0.05, 0) is 17.7 Å². The summed E-state index contributed by atoms with van der Waals surface area (Å²) in [5, 5.41) is 5.98. The summed E-state index contributed by atoms with van der Waals surface area (Å²) < 4.78 is 43.9. The first-order chi connectivity index (χ1) is 10.9. The van der Waals surface area contributed by atoms with E-state index in [-0.39, 0.29) is 12.6 Å². The van der Waals surface area contributed by atoms with Crippen molar-refractivity contribution in [3.05, 3.63) is 47.8 Å². The molecule has 2 aromatic rings. The summed E-state index contributed by atoms with van der Waals surface area (Å²) in [4.78, 5) is 11.8. The Kier molecular flexibility index (Phi) is 3.97. The van der Waals surface area contributed by atoms with Crippen LogP contribution in [0.5, 0.6) is 5.75 Å². The van der Waals surface area contributed by atoms with Gasteiger partial charge in [-0.15, -0.1) is 0 Å². The van der Waals surface area contributed by atoms with Gasteiger partial charge in [0.2, 0.25) is 5.91 Å². The second-order valence-corrected chi connectivity index (χ2v) is 5.25. The van der Waals surface area contributed by atoms with Gasteiger partial charge in [0.25, 0.3) is 0 Å². The lowest BCUT2D eigenvalue weighted by Crippen LogP contribution is -2.36. The number of nitrogens with one attached hydrogen (secondary N) is 1. The van der Waals surface area contributed by atoms with Crippen LogP contribution in [0, 0.1) is 0 Å². The molecule has 0 bridgehead atoms. The molecule has 0 spiro atoms. The maximum atomic E-state index is 12.4. The van der Waals surface area contributed by atoms with Crippen molar-refractivity contribution in [2.24, 2.45) is 0 Å². The Hall–Kier alpha value is -2.51. The lowest BCUT2D eigenvalue weighted by Gasteiger charge is -2.12. The van der Waals surface area contributed by atoms with Crippen LogP contribution < -0.4 is 10.1 Å². The van der Waals surface area contributed by atoms with Crippen molar-refractivity contribution in [2.75, 3.05) is 6.54 Å². The van der Waals surface area contributed by atoms with Crippen molar-refractivity contribution in [1.82, 2.24) is 15.1 Å². The van der Waals surface area contributed by atoms with E-state index in [9.17, 15) is 18.0 Å². The standard InChI is InChI=1S/C15H14F3N3O2/c16-15(17,18)13-5-6-21(20-13)9-14(22)19-8-11-7-10-3-1-2-4-12(10)23-11/h1-6,11H,7-9H2,(H,19,22)/t11-/m0/s1. The number of fused-ring (bicyclic) bond motifs is 1. The predicted octanol–water partition coefficient (Wildman–Crippen LogP) is 2.02. The second kappa shape index (κ2) is 5.94. The van der Waals surface area contributed by atoms with E-state index in [0.717, 1.165) is 28.3 Å². The van der Waals surface area contributed by atoms with Crippen LogP contribution in [0.2, 0.25) is 0 Å². The Bertz CT molecular complexity index is 687. The van der Waals surface area contributed by atoms with Gasteiger partial charge < -0.3 is 10.1 Å². The minimum Gasteiger partial charge on any atom is -0.488 e. The highest BCUT2D eigenvalue weighted by Gasteiger charge is 2.33. The quantitative estimate of drug-likeness (QED) is 0.936. The molecule has 23 heavy (non-hydrogen) atoms. The van der Waals surface area contributed by atoms with Crippen LogP contribution in [-0.4, -0.2) is 28.3 Å². The molecular weight excluding hydrogens is 311 g/mol. The van der Waals surface area contributed by atoms with Crippen molar-refractivity contribution < 1.29 is 22.7 Å². The first kappa shape index (κ1) is 15.4. The van der Waals surface area contributed by atoms with Gasteiger partial charge in [-0.2, -0.15) is 18.3 Å². The van der Waals surface area contributed by atoms with Gasteiger partial charge >= 0.3 is 6.18 Å². The fourth-order valence-corrected chi connectivity index (χ4v) is 2.40. The number of carbonyl (C=O) groups is 1. The minimum absolute atomic E-state index is 0.167. The molecule has 0 saturated heterocycles. The third kappa shape index (κ3) is 3.64. The Labute approximate surface area is 130 Å². The van der Waals surface area contributed by atoms with Crippen LogP contribution in [0.15, 0.2) is 36.5 Å². The molecule has 8 heteroatoms. The molecule has 2 heterocycles. The SMILES string of the molecule is O=C(Cn1ccc(C(F)(F)F)n1)NC[C@@H]1Cc2ccccc2O1. The fraction of sp³-hybridized carbons (Fsp3) is 0.333. The number of benzene rings is 1. The lowest BCUT2D eigenvalue weighted by molar-refractivity contribution is -0.141. The van der Waals surface area contributed by atoms with E-state index in [1.807, 2.05) is 24.3 Å². The van der Waals surface area contributed by atoms with E-state index in [2.05, 4.69) is 10.4 Å². The Balaban J connectivity index is 1.48. The summed E-state index contributed by atoms with van der Waals surface area (Å²) in [5.74, 6) is 0.384. The summed E-state index contributed by atoms with van der Waals surface area (Å²) in [6.07, 6.45) is -2.86. The third-order valence-corrected chi connectivity index (χ3v) is 3.48. The van der Waals surface area contributed by atoms with Gasteiger partial charge in [0.1, 0.15) is 18.4 Å². The molecule has 1 aromatic heterocycles. The summed E-state index contributed by atoms with van der Waals surface area (Å²) in [6.45, 7) is 0.0245. The zero-order valence-electron chi connectivity index (χ0n) is 12.0. The highest BCUT2D eigenvalue weighted by molar-refractivity contribution is 5.75. The molecule has 1 amide bonds. The number of halogens is 3. The average molecular weight is 325 g/mol. The Morgan fingerprint density at radius 3 is 2.83 bits per heavy atom. The van der Waals surface area contributed by atoms with Crippen LogP contribution in [0.1, 0.15) is 11.3 Å². The number of ether oxygens (including phenoxy) is 1. The largest absolute Gasteiger partial charge is 0.488 e. The fourth-order valence-electron chi connectivity index (χ4n) is 2.40. The summed E-state index contributed by atoms with van der Waals surface area (Å²) >= 11 is 0. The maximum absolute atomic E-state index is 12.4. The lowest BCUT2D eigenvalue weighted by atomic mass is 10.1. The Morgan fingerprint density at radius 2 is 2.13 bits per heavy atom. The number of rotatable bonds is 4. The molecule has 1 atom stereocenters. The van der Waals surface area contributed by atoms with E-state index in [1.165, 1.54) is 0 Å². The number of amides is 1. The van der Waals surface area contributed by atoms with Gasteiger partial charge in [0.15, 0.2) is 5.69 Å². The molecular formula is C15H14F3N3O2. The topological polar surface area (TPSA) is 56.2 Å². The number of para-hydroxylation sites is 1. The van der Waals surface area contributed by atoms with Crippen molar-refractivity contribution in [2.45, 2.75) is 25.2 Å². The summed E-state index contributed by atoms with van der Waals surface area (Å²) in [5.41, 5.74) is 0.0634. The van der Waals surface area contributed by atoms with Crippen LogP contribution >= 0.6 is 0 Å². The van der Waals surface area contributed by atoms with Gasteiger partial charge in [0.05, 0.1) is 6.54 Å². The molecule has 0 unspecified atom stereocenters. The second-order valence-electron chi connectivity index (χ2n) is 5.25. The number of aromatic nitrogens is 2. The van der Waals surface area contributed by atoms with Gasteiger partial charge in [-0.1, -0.05) is 18.2 Å². The van der Waals surface area contributed by atoms with Crippen LogP contribution in [0.4, 0.5) is 13.2 Å². The molecule has 0 radical (unpaired) electrons. The predicted molar refractivity (Wildman–Crippen MR) is 74.8 cm³/mol. The van der Waals surface area contributed by atoms with Crippen molar-refractivity contribution in [1.29, 1.82) is 0 Å². The number of nitrogens with zero attached hydrogens (tertiary/aromatic N) is 2. The van der Waals surface area contributed by atoms with Crippen molar-refractivity contribution in [3.8, 4) is 5.75 Å². The first-order valence-electron chi connectivity index (χ1n) is 7.04. The average Bonchev–Trinajstić information content (AvgIpc) is 3.10. The maximum Gasteiger partial charge on any atom is 0.435 e. The molecule has 3 rings (SSSR count). The highest BCUT2D eigenvalue weighted by Crippen LogP contribution is 2.28. The van der Waals surface area contributed by atoms with Gasteiger partial charge in [-0.25, -0.2) is 0 Å². The van der Waals surface area contributed by atoms with Crippen LogP contribution in [0.3, 0.4) is 0 Å². The zero-order valence-corrected chi connectivity index (χ0v) is 12.0. The van der Waals surface area contributed by atoms with E-state index in [1.54, 1.807) is 0 Å². The minimum atomic E-state index is -4.51. The van der Waals surface area contributed by atoms with E-state index >= 15 is 0 Å². The number of hydrogen-bond donors (Lipinski definition) is 1. The van der Waals surface area contributed by atoms with Crippen molar-refractivity contribution in [3.63, 3.8) is 0 Å². The number of alkyl halides is 3. The van der Waals surface area contributed by atoms with E-state index in [0.29, 0.717) is 13.0 Å². The van der Waals surface area contributed by atoms with Crippen molar-refractivity contribution >= 4 is 5.91 Å². The summed E-state index contributed by atoms with van der Waals surface area (Å²) in [7, 11) is 0. The smallest absolute Gasteiger partial charge is 0.435 e. The first-order valence-corrected chi connectivity index (χ1v) is 7.04. The molecule has 1 aliphatic heterocycles. The molecule has 0 aliphatic carbocycles. The molecule has 1 aromatic carbocycles. The Morgan fingerprint density at radius 1 is 1.35 bits per heavy atom. The monoisotopic (exact) mass is 325 g/mol. The normalized spacial score (nSPS) is 16.7. The molecule has 0 fully saturated rings. The number of hydrogen-bond acceptors (Lipinski definition) is 3. The van der Waals surface area contributed by atoms with E-state index < -0.39 is 17.8 Å². The zero-order chi connectivity index (χ0) is 16.4. The molecule has 1 N–H and O–H groups in total. The number of carbonyl (C=O) groups excluding carboxylic acids is 1.